The Morgan fingerprint density at radius 1 is 1.30 bits per heavy atom. The molecule has 4 aliphatic carbocycles. The molecule has 9 heteroatoms. The van der Waals surface area contributed by atoms with Crippen LogP contribution in [0.1, 0.15) is 59.3 Å². The lowest BCUT2D eigenvalue weighted by atomic mass is 9.46. The Morgan fingerprint density at radius 2 is 2.15 bits per heavy atom. The fourth-order valence-electron chi connectivity index (χ4n) is 9.05. The van der Waals surface area contributed by atoms with E-state index < -0.39 is 23.4 Å². The van der Waals surface area contributed by atoms with Gasteiger partial charge < -0.3 is 19.0 Å². The Kier molecular flexibility index (Phi) is 6.20. The van der Waals surface area contributed by atoms with Gasteiger partial charge in [0.2, 0.25) is 0 Å². The van der Waals surface area contributed by atoms with Gasteiger partial charge in [0.1, 0.15) is 0 Å². The number of aliphatic hydroxyl groups is 1. The summed E-state index contributed by atoms with van der Waals surface area (Å²) in [6.45, 7) is 6.40. The molecule has 0 amide bonds. The number of ketones is 2. The molecule has 2 aromatic heterocycles. The van der Waals surface area contributed by atoms with Crippen molar-refractivity contribution >= 4 is 34.6 Å². The summed E-state index contributed by atoms with van der Waals surface area (Å²) < 4.78 is 19.1. The number of hydrogen-bond donors (Lipinski definition) is 1. The molecule has 8 nitrogen and oxygen atoms in total. The number of thioether (sulfide) groups is 1. The number of aromatic nitrogens is 2. The summed E-state index contributed by atoms with van der Waals surface area (Å²) in [5, 5.41) is 12.3. The molecule has 0 spiro atoms. The van der Waals surface area contributed by atoms with Gasteiger partial charge in [0, 0.05) is 22.9 Å². The predicted molar refractivity (Wildman–Crippen MR) is 148 cm³/mol. The summed E-state index contributed by atoms with van der Waals surface area (Å²) in [5.41, 5.74) is 0.124. The Balaban J connectivity index is 1.22. The fourth-order valence-corrected chi connectivity index (χ4v) is 9.82. The number of hydrogen-bond acceptors (Lipinski definition) is 9. The van der Waals surface area contributed by atoms with Crippen molar-refractivity contribution < 1.29 is 28.6 Å². The Bertz CT molecular complexity index is 1400. The molecular formula is C31H36N2O6S. The molecular weight excluding hydrogens is 528 g/mol. The van der Waals surface area contributed by atoms with Crippen LogP contribution in [0.3, 0.4) is 0 Å². The number of oxazole rings is 1. The highest BCUT2D eigenvalue weighted by Gasteiger charge is 2.75. The zero-order valence-corrected chi connectivity index (χ0v) is 24.0. The minimum atomic E-state index is -1.14. The number of allylic oxidation sites excluding steroid dienone is 4. The number of rotatable bonds is 6. The van der Waals surface area contributed by atoms with Gasteiger partial charge in [-0.05, 0) is 68.2 Å². The molecule has 212 valence electrons. The highest BCUT2D eigenvalue weighted by atomic mass is 32.2. The quantitative estimate of drug-likeness (QED) is 0.482. The minimum absolute atomic E-state index is 0.0195. The van der Waals surface area contributed by atoms with Crippen molar-refractivity contribution in [2.24, 2.45) is 28.6 Å². The number of ether oxygens (including phenoxy) is 2. The van der Waals surface area contributed by atoms with E-state index in [1.54, 1.807) is 24.4 Å². The Labute approximate surface area is 238 Å². The molecule has 5 aliphatic rings. The molecule has 7 rings (SSSR count). The molecule has 2 aromatic rings. The van der Waals surface area contributed by atoms with Gasteiger partial charge >= 0.3 is 0 Å². The van der Waals surface area contributed by atoms with E-state index in [1.165, 1.54) is 11.8 Å². The van der Waals surface area contributed by atoms with Crippen LogP contribution < -0.4 is 0 Å². The van der Waals surface area contributed by atoms with E-state index >= 15 is 0 Å². The maximum absolute atomic E-state index is 14.4. The third kappa shape index (κ3) is 3.63. The van der Waals surface area contributed by atoms with Gasteiger partial charge in [0.15, 0.2) is 34.7 Å². The lowest BCUT2D eigenvalue weighted by Crippen LogP contribution is -2.63. The summed E-state index contributed by atoms with van der Waals surface area (Å²) in [6.07, 6.45) is 10.2. The van der Waals surface area contributed by atoms with Gasteiger partial charge in [-0.1, -0.05) is 50.6 Å². The smallest absolute Gasteiger partial charge is 0.258 e. The van der Waals surface area contributed by atoms with Crippen LogP contribution in [-0.4, -0.2) is 56.5 Å². The van der Waals surface area contributed by atoms with Gasteiger partial charge in [-0.2, -0.15) is 4.98 Å². The Hall–Kier alpha value is -2.33. The van der Waals surface area contributed by atoms with Crippen LogP contribution in [0.4, 0.5) is 0 Å². The second kappa shape index (κ2) is 9.34. The van der Waals surface area contributed by atoms with E-state index in [2.05, 4.69) is 30.7 Å². The number of aliphatic hydroxyl groups excluding tert-OH is 1. The van der Waals surface area contributed by atoms with Crippen LogP contribution in [0.25, 0.3) is 11.2 Å². The molecule has 0 aromatic carbocycles. The van der Waals surface area contributed by atoms with Crippen LogP contribution >= 0.6 is 11.8 Å². The third-order valence-electron chi connectivity index (χ3n) is 10.7. The van der Waals surface area contributed by atoms with Crippen molar-refractivity contribution in [2.75, 3.05) is 5.75 Å². The number of fused-ring (bicyclic) bond motifs is 8. The van der Waals surface area contributed by atoms with E-state index in [4.69, 9.17) is 13.9 Å². The number of Topliss-reactive ketones (excluding diaryl/α,β-unsaturated/α-hetero) is 1. The summed E-state index contributed by atoms with van der Waals surface area (Å²) >= 11 is 1.26. The first-order valence-corrected chi connectivity index (χ1v) is 15.5. The van der Waals surface area contributed by atoms with Gasteiger partial charge in [-0.15, -0.1) is 0 Å². The van der Waals surface area contributed by atoms with Crippen molar-refractivity contribution in [1.29, 1.82) is 0 Å². The average molecular weight is 565 g/mol. The molecule has 1 aliphatic heterocycles. The Morgan fingerprint density at radius 3 is 2.95 bits per heavy atom. The summed E-state index contributed by atoms with van der Waals surface area (Å²) in [4.78, 5) is 35.2. The SMILES string of the molecule is CCCC1O[C@H]2CC3C4CCC5=CC(=O)C=CC5(C)C4[C@@H](O)CC3(C)[C@]2(C(=O)CSc2nc3ncccc3o2)O1. The molecule has 1 saturated heterocycles. The highest BCUT2D eigenvalue weighted by molar-refractivity contribution is 7.99. The molecule has 6 unspecified atom stereocenters. The van der Waals surface area contributed by atoms with Gasteiger partial charge in [0.05, 0.1) is 18.0 Å². The maximum Gasteiger partial charge on any atom is 0.258 e. The fraction of sp³-hybridized carbons (Fsp3) is 0.613. The number of carbonyl (C=O) groups is 2. The number of carbonyl (C=O) groups excluding carboxylic acids is 2. The number of pyridine rings is 1. The van der Waals surface area contributed by atoms with E-state index in [1.807, 2.05) is 12.1 Å². The first kappa shape index (κ1) is 26.6. The molecule has 40 heavy (non-hydrogen) atoms. The topological polar surface area (TPSA) is 112 Å². The van der Waals surface area contributed by atoms with Crippen molar-refractivity contribution in [3.63, 3.8) is 0 Å². The first-order valence-electron chi connectivity index (χ1n) is 14.5. The molecule has 0 bridgehead atoms. The van der Waals surface area contributed by atoms with E-state index in [-0.39, 0.29) is 46.6 Å². The summed E-state index contributed by atoms with van der Waals surface area (Å²) in [5.74, 6) is 0.452. The number of nitrogens with zero attached hydrogens (tertiary/aromatic N) is 2. The van der Waals surface area contributed by atoms with E-state index in [0.29, 0.717) is 22.9 Å². The normalized spacial score (nSPS) is 41.8. The van der Waals surface area contributed by atoms with Crippen molar-refractivity contribution in [2.45, 2.75) is 88.6 Å². The zero-order valence-electron chi connectivity index (χ0n) is 23.2. The summed E-state index contributed by atoms with van der Waals surface area (Å²) in [6, 6.07) is 3.60. The second-order valence-corrected chi connectivity index (χ2v) is 13.6. The van der Waals surface area contributed by atoms with Gasteiger partial charge in [-0.3, -0.25) is 9.59 Å². The molecule has 0 radical (unpaired) electrons. The van der Waals surface area contributed by atoms with Crippen LogP contribution in [0.15, 0.2) is 51.8 Å². The van der Waals surface area contributed by atoms with Crippen LogP contribution in [0.5, 0.6) is 0 Å². The molecule has 9 atom stereocenters. The third-order valence-corrected chi connectivity index (χ3v) is 11.5. The van der Waals surface area contributed by atoms with E-state index in [0.717, 1.165) is 37.7 Å². The molecule has 3 saturated carbocycles. The van der Waals surface area contributed by atoms with Gasteiger partial charge in [-0.25, -0.2) is 4.98 Å². The molecule has 1 N–H and O–H groups in total. The lowest BCUT2D eigenvalue weighted by molar-refractivity contribution is -0.197. The molecule has 3 heterocycles. The van der Waals surface area contributed by atoms with Crippen LogP contribution in [-0.2, 0) is 19.1 Å². The van der Waals surface area contributed by atoms with Crippen LogP contribution in [0.2, 0.25) is 0 Å². The van der Waals surface area contributed by atoms with Crippen molar-refractivity contribution in [3.05, 3.63) is 42.1 Å². The highest BCUT2D eigenvalue weighted by Crippen LogP contribution is 2.69. The second-order valence-electron chi connectivity index (χ2n) is 12.7. The van der Waals surface area contributed by atoms with Crippen molar-refractivity contribution in [1.82, 2.24) is 9.97 Å². The minimum Gasteiger partial charge on any atom is -0.430 e. The largest absolute Gasteiger partial charge is 0.430 e. The predicted octanol–water partition coefficient (Wildman–Crippen LogP) is 5.05. The average Bonchev–Trinajstić information content (AvgIpc) is 3.57. The lowest BCUT2D eigenvalue weighted by Gasteiger charge is -2.59. The first-order chi connectivity index (χ1) is 19.2. The van der Waals surface area contributed by atoms with E-state index in [9.17, 15) is 14.7 Å². The zero-order chi connectivity index (χ0) is 27.9. The van der Waals surface area contributed by atoms with Crippen LogP contribution in [0, 0.1) is 28.6 Å². The monoisotopic (exact) mass is 564 g/mol. The van der Waals surface area contributed by atoms with Gasteiger partial charge in [0.25, 0.3) is 5.22 Å². The molecule has 4 fully saturated rings. The maximum atomic E-state index is 14.4. The standard InChI is InChI=1S/C31H36N2O6S/c1-4-6-25-38-24-14-20-19-9-8-17-13-18(34)10-11-29(17,2)26(19)21(35)15-30(20,3)31(24,39-25)23(36)16-40-28-33-27-22(37-28)7-5-12-32-27/h5,7,10-13,19-21,24-26,35H,4,6,8-9,14-16H2,1-3H3/t19?,20?,21-,24-,25?,26?,29?,30?,31+/m0/s1. The van der Waals surface area contributed by atoms with Crippen molar-refractivity contribution in [3.8, 4) is 0 Å². The summed E-state index contributed by atoms with van der Waals surface area (Å²) in [7, 11) is 0.